The molecule has 3 aliphatic heterocycles. The van der Waals surface area contributed by atoms with Crippen molar-refractivity contribution in [1.82, 2.24) is 9.80 Å². The van der Waals surface area contributed by atoms with Crippen LogP contribution in [-0.2, 0) is 9.59 Å². The Balaban J connectivity index is 1.48. The molecule has 3 fully saturated rings. The Morgan fingerprint density at radius 1 is 1.48 bits per heavy atom. The molecule has 0 saturated carbocycles. The molecule has 140 valence electrons. The topological polar surface area (TPSA) is 99.2 Å². The number of rotatable bonds is 6. The number of fused-ring (bicyclic) bond motifs is 1. The number of thioether (sulfide) groups is 1. The maximum Gasteiger partial charge on any atom is 0.312 e. The first-order valence-corrected chi connectivity index (χ1v) is 10.1. The number of nitrogens with zero attached hydrogens (tertiary/aromatic N) is 3. The molecule has 0 radical (unpaired) electrons. The van der Waals surface area contributed by atoms with Crippen LogP contribution in [0.1, 0.15) is 32.6 Å². The summed E-state index contributed by atoms with van der Waals surface area (Å²) in [5.74, 6) is 0.404. The number of hydrogen-bond donors (Lipinski definition) is 2. The summed E-state index contributed by atoms with van der Waals surface area (Å²) in [7, 11) is 0. The Morgan fingerprint density at radius 2 is 2.20 bits per heavy atom. The quantitative estimate of drug-likeness (QED) is 0.409. The van der Waals surface area contributed by atoms with Crippen molar-refractivity contribution in [1.29, 1.82) is 0 Å². The summed E-state index contributed by atoms with van der Waals surface area (Å²) >= 11 is 1.54. The van der Waals surface area contributed by atoms with Crippen LogP contribution in [-0.4, -0.2) is 76.5 Å². The number of carbonyl (C=O) groups is 2. The number of likely N-dealkylation sites (tertiary alicyclic amines) is 1. The zero-order valence-electron chi connectivity index (χ0n) is 14.8. The molecule has 0 aromatic carbocycles. The van der Waals surface area contributed by atoms with Crippen molar-refractivity contribution in [3.05, 3.63) is 0 Å². The van der Waals surface area contributed by atoms with Crippen LogP contribution in [0, 0.1) is 11.3 Å². The third kappa shape index (κ3) is 3.79. The third-order valence-electron chi connectivity index (χ3n) is 5.58. The van der Waals surface area contributed by atoms with Crippen LogP contribution >= 0.6 is 11.8 Å². The fourth-order valence-electron chi connectivity index (χ4n) is 3.74. The van der Waals surface area contributed by atoms with Crippen molar-refractivity contribution in [3.63, 3.8) is 0 Å². The lowest BCUT2D eigenvalue weighted by molar-refractivity contribution is -0.155. The highest BCUT2D eigenvalue weighted by Gasteiger charge is 2.55. The van der Waals surface area contributed by atoms with Gasteiger partial charge in [0.05, 0.1) is 11.8 Å². The van der Waals surface area contributed by atoms with E-state index in [2.05, 4.69) is 9.89 Å². The Kier molecular flexibility index (Phi) is 5.58. The van der Waals surface area contributed by atoms with Gasteiger partial charge in [0.2, 0.25) is 0 Å². The molecule has 1 amide bonds. The number of hydrogen-bond acceptors (Lipinski definition) is 5. The average Bonchev–Trinajstić information content (AvgIpc) is 2.61. The van der Waals surface area contributed by atoms with Crippen molar-refractivity contribution < 1.29 is 14.7 Å². The molecule has 0 aromatic heterocycles. The molecule has 3 heterocycles. The molecule has 0 aliphatic carbocycles. The second kappa shape index (κ2) is 7.53. The van der Waals surface area contributed by atoms with Crippen molar-refractivity contribution in [3.8, 4) is 0 Å². The number of amides is 1. The lowest BCUT2D eigenvalue weighted by Gasteiger charge is -2.51. The Bertz CT molecular complexity index is 550. The van der Waals surface area contributed by atoms with Crippen molar-refractivity contribution in [2.75, 3.05) is 31.9 Å². The van der Waals surface area contributed by atoms with Gasteiger partial charge in [0.1, 0.15) is 5.37 Å². The van der Waals surface area contributed by atoms with Gasteiger partial charge in [-0.2, -0.15) is 0 Å². The van der Waals surface area contributed by atoms with Gasteiger partial charge in [-0.1, -0.05) is 0 Å². The molecule has 0 spiro atoms. The van der Waals surface area contributed by atoms with Crippen LogP contribution < -0.4 is 5.73 Å². The fourth-order valence-corrected chi connectivity index (χ4v) is 5.22. The lowest BCUT2D eigenvalue weighted by atomic mass is 9.90. The van der Waals surface area contributed by atoms with Gasteiger partial charge in [-0.15, -0.1) is 11.8 Å². The number of carbonyl (C=O) groups excluding carboxylic acids is 1. The largest absolute Gasteiger partial charge is 0.481 e. The van der Waals surface area contributed by atoms with E-state index in [4.69, 9.17) is 5.73 Å². The SMILES string of the molecule is CC1(C(=O)O)CS[C@@H]2C(N=CN3CCC(CCCN)CC3)C(=O)N2C1. The maximum absolute atomic E-state index is 12.3. The second-order valence-electron chi connectivity index (χ2n) is 7.65. The van der Waals surface area contributed by atoms with E-state index < -0.39 is 11.4 Å². The minimum absolute atomic E-state index is 0.00160. The van der Waals surface area contributed by atoms with E-state index in [1.54, 1.807) is 11.8 Å². The number of aliphatic imine (C=N–C) groups is 1. The van der Waals surface area contributed by atoms with Gasteiger partial charge in [-0.05, 0) is 45.1 Å². The minimum Gasteiger partial charge on any atom is -0.481 e. The van der Waals surface area contributed by atoms with Gasteiger partial charge in [0, 0.05) is 25.4 Å². The number of piperidine rings is 1. The molecule has 0 aromatic rings. The highest BCUT2D eigenvalue weighted by Crippen LogP contribution is 2.43. The molecule has 3 rings (SSSR count). The third-order valence-corrected chi connectivity index (χ3v) is 7.24. The van der Waals surface area contributed by atoms with Gasteiger partial charge in [-0.3, -0.25) is 14.6 Å². The number of carboxylic acid groups (broad SMARTS) is 1. The summed E-state index contributed by atoms with van der Waals surface area (Å²) in [6.45, 7) is 4.73. The van der Waals surface area contributed by atoms with Gasteiger partial charge in [0.25, 0.3) is 5.91 Å². The zero-order valence-corrected chi connectivity index (χ0v) is 15.6. The van der Waals surface area contributed by atoms with Crippen LogP contribution in [0.4, 0.5) is 0 Å². The van der Waals surface area contributed by atoms with Crippen LogP contribution in [0.15, 0.2) is 4.99 Å². The molecular formula is C17H28N4O3S. The Hall–Kier alpha value is -1.28. The van der Waals surface area contributed by atoms with E-state index in [9.17, 15) is 14.7 Å². The summed E-state index contributed by atoms with van der Waals surface area (Å²) in [4.78, 5) is 32.1. The molecule has 7 nitrogen and oxygen atoms in total. The second-order valence-corrected chi connectivity index (χ2v) is 8.76. The first kappa shape index (κ1) is 18.5. The van der Waals surface area contributed by atoms with E-state index in [0.29, 0.717) is 5.75 Å². The normalized spacial score (nSPS) is 33.4. The summed E-state index contributed by atoms with van der Waals surface area (Å²) in [6, 6.07) is -0.349. The predicted molar refractivity (Wildman–Crippen MR) is 98.6 cm³/mol. The molecule has 3 N–H and O–H groups in total. The summed E-state index contributed by atoms with van der Waals surface area (Å²) < 4.78 is 0. The Labute approximate surface area is 153 Å². The first-order valence-electron chi connectivity index (χ1n) is 9.07. The smallest absolute Gasteiger partial charge is 0.312 e. The molecule has 3 saturated heterocycles. The molecule has 8 heteroatoms. The van der Waals surface area contributed by atoms with Gasteiger partial charge in [0.15, 0.2) is 6.04 Å². The summed E-state index contributed by atoms with van der Waals surface area (Å²) in [6.07, 6.45) is 6.46. The Morgan fingerprint density at radius 3 is 2.84 bits per heavy atom. The summed E-state index contributed by atoms with van der Waals surface area (Å²) in [5.41, 5.74) is 4.72. The van der Waals surface area contributed by atoms with E-state index in [1.165, 1.54) is 18.2 Å². The van der Waals surface area contributed by atoms with Gasteiger partial charge < -0.3 is 20.6 Å². The standard InChI is InChI=1S/C17H28N4O3S/c1-17(16(23)24)9-21-14(22)13(15(21)25-10-17)19-11-20-7-4-12(5-8-20)3-2-6-18/h11-13,15H,2-10,18H2,1H3,(H,23,24)/t13?,15-,17?/m1/s1. The highest BCUT2D eigenvalue weighted by atomic mass is 32.2. The van der Waals surface area contributed by atoms with Crippen molar-refractivity contribution in [2.45, 2.75) is 44.0 Å². The molecule has 3 atom stereocenters. The van der Waals surface area contributed by atoms with E-state index in [0.717, 1.165) is 44.8 Å². The zero-order chi connectivity index (χ0) is 18.0. The van der Waals surface area contributed by atoms with E-state index >= 15 is 0 Å². The van der Waals surface area contributed by atoms with Crippen LogP contribution in [0.2, 0.25) is 0 Å². The first-order chi connectivity index (χ1) is 11.9. The predicted octanol–water partition coefficient (Wildman–Crippen LogP) is 0.840. The fraction of sp³-hybridized carbons (Fsp3) is 0.824. The number of β-lactam (4-membered cyclic amide) rings is 1. The van der Waals surface area contributed by atoms with E-state index in [1.807, 2.05) is 6.34 Å². The highest BCUT2D eigenvalue weighted by molar-refractivity contribution is 8.00. The lowest BCUT2D eigenvalue weighted by Crippen LogP contribution is -2.68. The van der Waals surface area contributed by atoms with Crippen molar-refractivity contribution >= 4 is 30.0 Å². The molecular weight excluding hydrogens is 340 g/mol. The van der Waals surface area contributed by atoms with E-state index in [-0.39, 0.29) is 23.9 Å². The van der Waals surface area contributed by atoms with Gasteiger partial charge in [-0.25, -0.2) is 0 Å². The minimum atomic E-state index is -0.850. The van der Waals surface area contributed by atoms with Crippen molar-refractivity contribution in [2.24, 2.45) is 22.1 Å². The average molecular weight is 369 g/mol. The summed E-state index contributed by atoms with van der Waals surface area (Å²) in [5, 5.41) is 9.33. The molecule has 25 heavy (non-hydrogen) atoms. The molecule has 3 aliphatic rings. The monoisotopic (exact) mass is 368 g/mol. The van der Waals surface area contributed by atoms with Crippen LogP contribution in [0.5, 0.6) is 0 Å². The van der Waals surface area contributed by atoms with Gasteiger partial charge >= 0.3 is 5.97 Å². The van der Waals surface area contributed by atoms with Crippen LogP contribution in [0.3, 0.4) is 0 Å². The molecule has 0 bridgehead atoms. The number of nitrogens with two attached hydrogens (primary N) is 1. The van der Waals surface area contributed by atoms with Crippen LogP contribution in [0.25, 0.3) is 0 Å². The number of aliphatic carboxylic acids is 1. The number of carboxylic acids is 1. The molecule has 2 unspecified atom stereocenters. The maximum atomic E-state index is 12.3.